The zero-order valence-corrected chi connectivity index (χ0v) is 10.3. The Kier molecular flexibility index (Phi) is 4.54. The number of alkyl halides is 6. The third kappa shape index (κ3) is 5.54. The summed E-state index contributed by atoms with van der Waals surface area (Å²) < 4.78 is 73.7. The minimum absolute atomic E-state index is 0.350. The lowest BCUT2D eigenvalue weighted by Gasteiger charge is -2.17. The van der Waals surface area contributed by atoms with E-state index in [9.17, 15) is 26.3 Å². The number of anilines is 1. The molecule has 0 radical (unpaired) electrons. The zero-order chi connectivity index (χ0) is 14.8. The van der Waals surface area contributed by atoms with Crippen LogP contribution in [0.25, 0.3) is 0 Å². The van der Waals surface area contributed by atoms with E-state index in [4.69, 9.17) is 11.6 Å². The summed E-state index contributed by atoms with van der Waals surface area (Å²) in [6, 6.07) is 0.0898. The van der Waals surface area contributed by atoms with E-state index in [-0.39, 0.29) is 5.82 Å². The van der Waals surface area contributed by atoms with E-state index in [0.717, 1.165) is 0 Å². The van der Waals surface area contributed by atoms with Gasteiger partial charge in [0.1, 0.15) is 11.0 Å². The molecule has 1 unspecified atom stereocenters. The molecule has 0 bridgehead atoms. The first-order chi connectivity index (χ1) is 8.47. The highest BCUT2D eigenvalue weighted by Gasteiger charge is 2.33. The van der Waals surface area contributed by atoms with Gasteiger partial charge in [0, 0.05) is 6.04 Å². The predicted molar refractivity (Wildman–Crippen MR) is 58.0 cm³/mol. The fourth-order valence-electron chi connectivity index (χ4n) is 1.39. The van der Waals surface area contributed by atoms with E-state index < -0.39 is 35.5 Å². The molecule has 9 heteroatoms. The van der Waals surface area contributed by atoms with Gasteiger partial charge in [0.15, 0.2) is 0 Å². The van der Waals surface area contributed by atoms with Crippen molar-refractivity contribution in [3.63, 3.8) is 0 Å². The molecule has 1 aromatic rings. The lowest BCUT2D eigenvalue weighted by molar-refractivity contribution is -0.138. The molecular formula is C10H9ClF6N2. The Hall–Kier alpha value is -1.18. The number of nitrogens with one attached hydrogen (secondary N) is 1. The van der Waals surface area contributed by atoms with Crippen molar-refractivity contribution >= 4 is 17.4 Å². The second-order valence-corrected chi connectivity index (χ2v) is 4.31. The van der Waals surface area contributed by atoms with E-state index >= 15 is 0 Å². The number of hydrogen-bond donors (Lipinski definition) is 1. The first kappa shape index (κ1) is 15.9. The molecule has 108 valence electrons. The summed E-state index contributed by atoms with van der Waals surface area (Å²) >= 11 is 5.40. The predicted octanol–water partition coefficient (Wildman–Crippen LogP) is 4.51. The molecule has 0 aliphatic heterocycles. The summed E-state index contributed by atoms with van der Waals surface area (Å²) in [7, 11) is 0. The molecule has 1 N–H and O–H groups in total. The highest BCUT2D eigenvalue weighted by Crippen LogP contribution is 2.32. The molecule has 0 saturated carbocycles. The Morgan fingerprint density at radius 1 is 1.21 bits per heavy atom. The van der Waals surface area contributed by atoms with Crippen LogP contribution in [0.15, 0.2) is 12.1 Å². The third-order valence-electron chi connectivity index (χ3n) is 2.05. The van der Waals surface area contributed by atoms with Gasteiger partial charge in [-0.05, 0) is 19.1 Å². The second kappa shape index (κ2) is 5.44. The summed E-state index contributed by atoms with van der Waals surface area (Å²) in [6.07, 6.45) is -10.3. The van der Waals surface area contributed by atoms with E-state index in [0.29, 0.717) is 12.1 Å². The van der Waals surface area contributed by atoms with E-state index in [1.807, 2.05) is 0 Å². The van der Waals surface area contributed by atoms with Crippen LogP contribution in [0.5, 0.6) is 0 Å². The quantitative estimate of drug-likeness (QED) is 0.656. The number of hydrogen-bond acceptors (Lipinski definition) is 2. The van der Waals surface area contributed by atoms with Crippen LogP contribution in [0.3, 0.4) is 0 Å². The zero-order valence-electron chi connectivity index (χ0n) is 9.53. The third-order valence-corrected chi connectivity index (χ3v) is 2.25. The summed E-state index contributed by atoms with van der Waals surface area (Å²) in [6.45, 7) is 1.18. The Balaban J connectivity index is 2.87. The molecule has 1 rings (SSSR count). The van der Waals surface area contributed by atoms with Gasteiger partial charge in [0.2, 0.25) is 0 Å². The molecular weight excluding hydrogens is 298 g/mol. The second-order valence-electron chi connectivity index (χ2n) is 3.93. The number of halogens is 7. The maximum atomic E-state index is 12.5. The lowest BCUT2D eigenvalue weighted by atomic mass is 10.2. The maximum absolute atomic E-state index is 12.5. The van der Waals surface area contributed by atoms with Crippen LogP contribution >= 0.6 is 11.6 Å². The molecule has 0 saturated heterocycles. The molecule has 0 fully saturated rings. The van der Waals surface area contributed by atoms with Gasteiger partial charge in [0.05, 0.1) is 12.0 Å². The van der Waals surface area contributed by atoms with E-state index in [1.54, 1.807) is 0 Å². The van der Waals surface area contributed by atoms with Gasteiger partial charge < -0.3 is 5.32 Å². The van der Waals surface area contributed by atoms with Crippen LogP contribution in [0.1, 0.15) is 18.9 Å². The molecule has 2 nitrogen and oxygen atoms in total. The van der Waals surface area contributed by atoms with Crippen LogP contribution in [0, 0.1) is 0 Å². The lowest BCUT2D eigenvalue weighted by Crippen LogP contribution is -2.24. The van der Waals surface area contributed by atoms with Crippen molar-refractivity contribution in [3.05, 3.63) is 22.8 Å². The molecule has 1 atom stereocenters. The van der Waals surface area contributed by atoms with Crippen LogP contribution in [-0.2, 0) is 6.18 Å². The number of pyridine rings is 1. The molecule has 1 heterocycles. The smallest absolute Gasteiger partial charge is 0.367 e. The Labute approximate surface area is 109 Å². The molecule has 0 spiro atoms. The fraction of sp³-hybridized carbons (Fsp3) is 0.500. The van der Waals surface area contributed by atoms with Crippen molar-refractivity contribution in [1.29, 1.82) is 0 Å². The van der Waals surface area contributed by atoms with Crippen LogP contribution in [0.4, 0.5) is 32.2 Å². The summed E-state index contributed by atoms with van der Waals surface area (Å²) in [5.74, 6) is -0.350. The SMILES string of the molecule is CC(CC(F)(F)F)Nc1cc(C(F)(F)F)cc(Cl)n1. The summed E-state index contributed by atoms with van der Waals surface area (Å²) in [5.41, 5.74) is -1.07. The van der Waals surface area contributed by atoms with Gasteiger partial charge in [-0.25, -0.2) is 4.98 Å². The van der Waals surface area contributed by atoms with Crippen molar-refractivity contribution in [1.82, 2.24) is 4.98 Å². The number of aromatic nitrogens is 1. The minimum atomic E-state index is -4.64. The first-order valence-electron chi connectivity index (χ1n) is 5.05. The first-order valence-corrected chi connectivity index (χ1v) is 5.43. The Bertz CT molecular complexity index is 443. The minimum Gasteiger partial charge on any atom is -0.367 e. The van der Waals surface area contributed by atoms with Crippen LogP contribution < -0.4 is 5.32 Å². The Morgan fingerprint density at radius 2 is 1.79 bits per heavy atom. The molecule has 19 heavy (non-hydrogen) atoms. The highest BCUT2D eigenvalue weighted by molar-refractivity contribution is 6.29. The maximum Gasteiger partial charge on any atom is 0.416 e. The van der Waals surface area contributed by atoms with Crippen molar-refractivity contribution in [2.24, 2.45) is 0 Å². The molecule has 0 aromatic carbocycles. The average molecular weight is 307 g/mol. The van der Waals surface area contributed by atoms with Crippen molar-refractivity contribution in [3.8, 4) is 0 Å². The largest absolute Gasteiger partial charge is 0.416 e. The highest BCUT2D eigenvalue weighted by atomic mass is 35.5. The molecule has 0 aliphatic carbocycles. The van der Waals surface area contributed by atoms with Crippen molar-refractivity contribution in [2.45, 2.75) is 31.7 Å². The van der Waals surface area contributed by atoms with Gasteiger partial charge in [-0.1, -0.05) is 11.6 Å². The van der Waals surface area contributed by atoms with Crippen molar-refractivity contribution < 1.29 is 26.3 Å². The average Bonchev–Trinajstić information content (AvgIpc) is 2.11. The summed E-state index contributed by atoms with van der Waals surface area (Å²) in [5, 5.41) is 1.79. The standard InChI is InChI=1S/C10H9ClF6N2/c1-5(4-9(12,13)14)18-8-3-6(10(15,16)17)2-7(11)19-8/h2-3,5H,4H2,1H3,(H,18,19). The van der Waals surface area contributed by atoms with Crippen molar-refractivity contribution in [2.75, 3.05) is 5.32 Å². The molecule has 0 aliphatic rings. The van der Waals surface area contributed by atoms with Gasteiger partial charge in [-0.2, -0.15) is 26.3 Å². The van der Waals surface area contributed by atoms with Gasteiger partial charge in [-0.3, -0.25) is 0 Å². The van der Waals surface area contributed by atoms with Crippen LogP contribution in [-0.4, -0.2) is 17.2 Å². The monoisotopic (exact) mass is 306 g/mol. The fourth-order valence-corrected chi connectivity index (χ4v) is 1.59. The summed E-state index contributed by atoms with van der Waals surface area (Å²) in [4.78, 5) is 3.50. The van der Waals surface area contributed by atoms with E-state index in [1.165, 1.54) is 6.92 Å². The normalized spacial score (nSPS) is 14.3. The van der Waals surface area contributed by atoms with E-state index in [2.05, 4.69) is 10.3 Å². The number of rotatable bonds is 3. The van der Waals surface area contributed by atoms with Gasteiger partial charge in [0.25, 0.3) is 0 Å². The molecule has 1 aromatic heterocycles. The van der Waals surface area contributed by atoms with Gasteiger partial charge in [-0.15, -0.1) is 0 Å². The topological polar surface area (TPSA) is 24.9 Å². The molecule has 0 amide bonds. The van der Waals surface area contributed by atoms with Gasteiger partial charge >= 0.3 is 12.4 Å². The van der Waals surface area contributed by atoms with Crippen LogP contribution in [0.2, 0.25) is 5.15 Å². The Morgan fingerprint density at radius 3 is 2.26 bits per heavy atom. The number of nitrogens with zero attached hydrogens (tertiary/aromatic N) is 1.